The van der Waals surface area contributed by atoms with E-state index >= 15 is 0 Å². The highest BCUT2D eigenvalue weighted by molar-refractivity contribution is 6.74. The Labute approximate surface area is 207 Å². The summed E-state index contributed by atoms with van der Waals surface area (Å²) in [6.07, 6.45) is 9.95. The maximum atomic E-state index is 9.40. The van der Waals surface area contributed by atoms with Gasteiger partial charge in [-0.05, 0) is 83.1 Å². The third-order valence-corrected chi connectivity index (χ3v) is 6.40. The van der Waals surface area contributed by atoms with Crippen molar-refractivity contribution >= 4 is 46.6 Å². The van der Waals surface area contributed by atoms with Gasteiger partial charge in [-0.1, -0.05) is 15.5 Å². The predicted molar refractivity (Wildman–Crippen MR) is 133 cm³/mol. The van der Waals surface area contributed by atoms with E-state index in [2.05, 4.69) is 41.1 Å². The number of aromatic nitrogens is 2. The second-order valence-electron chi connectivity index (χ2n) is 8.85. The molecule has 0 atom stereocenters. The van der Waals surface area contributed by atoms with Crippen LogP contribution in [-0.2, 0) is 14.3 Å². The molecule has 1 aromatic heterocycles. The van der Waals surface area contributed by atoms with Crippen molar-refractivity contribution < 1.29 is 29.9 Å². The molecule has 1 aromatic rings. The molecule has 1 heterocycles. The number of aromatic amines is 1. The van der Waals surface area contributed by atoms with Crippen LogP contribution in [0.3, 0.4) is 0 Å². The van der Waals surface area contributed by atoms with Crippen molar-refractivity contribution in [2.24, 2.45) is 30.9 Å². The second kappa shape index (κ2) is 12.2. The fourth-order valence-corrected chi connectivity index (χ4v) is 4.33. The number of nitrogens with zero attached hydrogens (tertiary/aromatic N) is 7. The summed E-state index contributed by atoms with van der Waals surface area (Å²) in [7, 11) is 0. The summed E-state index contributed by atoms with van der Waals surface area (Å²) in [5.74, 6) is 0. The molecule has 0 aromatic carbocycles. The molecule has 4 rings (SSSR count). The molecule has 36 heavy (non-hydrogen) atoms. The van der Waals surface area contributed by atoms with Gasteiger partial charge in [0.05, 0.1) is 17.1 Å². The molecule has 0 saturated heterocycles. The maximum Gasteiger partial charge on any atom is 0.658 e. The van der Waals surface area contributed by atoms with Gasteiger partial charge in [0.2, 0.25) is 0 Å². The van der Waals surface area contributed by atoms with Crippen LogP contribution in [0.5, 0.6) is 0 Å². The molecule has 0 unspecified atom stereocenters. The molecule has 3 fully saturated rings. The van der Waals surface area contributed by atoms with E-state index in [-0.39, 0.29) is 5.59 Å². The fourth-order valence-electron chi connectivity index (χ4n) is 4.33. The Morgan fingerprint density at radius 1 is 0.611 bits per heavy atom. The van der Waals surface area contributed by atoms with E-state index in [0.717, 1.165) is 38.5 Å². The lowest BCUT2D eigenvalue weighted by molar-refractivity contribution is 0.0796. The molecule has 14 nitrogen and oxygen atoms in total. The largest absolute Gasteiger partial charge is 0.658 e. The summed E-state index contributed by atoms with van der Waals surface area (Å²) < 4.78 is 17.7. The zero-order valence-corrected chi connectivity index (χ0v) is 19.9. The lowest BCUT2D eigenvalue weighted by Crippen LogP contribution is -2.55. The molecule has 15 heteroatoms. The van der Waals surface area contributed by atoms with Gasteiger partial charge in [-0.3, -0.25) is 0 Å². The maximum absolute atomic E-state index is 9.40. The number of hydrogen-bond donors (Lipinski definition) is 4. The van der Waals surface area contributed by atoms with Gasteiger partial charge in [-0.2, -0.15) is 5.10 Å². The molecular weight excluding hydrogens is 471 g/mol. The molecule has 0 amide bonds. The molecule has 194 valence electrons. The lowest BCUT2D eigenvalue weighted by Gasteiger charge is -2.34. The monoisotopic (exact) mass is 501 g/mol. The quantitative estimate of drug-likeness (QED) is 0.251. The smallest absolute Gasteiger partial charge is 0.535 e. The number of rotatable bonds is 7. The van der Waals surface area contributed by atoms with Crippen LogP contribution >= 0.6 is 0 Å². The standard InChI is InChI=1S/C21H30BN8O6/c31-25-15-7-1-4-10-18(15)28-34-22(21-13-14-23-24-21,35-29-19-11-5-2-8-16(19)26-32)36-30-20-12-6-3-9-17(20)27-33/h13-14,31-33H,1-12H2,(H,23,24)/q-1/b25-15-,26-16-,27-17+,28-18-,29-19-,30-20+. The highest BCUT2D eigenvalue weighted by atomic mass is 16.9. The van der Waals surface area contributed by atoms with Gasteiger partial charge in [-0.15, -0.1) is 15.5 Å². The van der Waals surface area contributed by atoms with Gasteiger partial charge in [-0.25, -0.2) is 0 Å². The van der Waals surface area contributed by atoms with Crippen molar-refractivity contribution in [2.45, 2.75) is 77.0 Å². The first-order valence-electron chi connectivity index (χ1n) is 12.2. The van der Waals surface area contributed by atoms with Gasteiger partial charge in [0.25, 0.3) is 0 Å². The first-order chi connectivity index (χ1) is 17.7. The van der Waals surface area contributed by atoms with Crippen molar-refractivity contribution in [1.29, 1.82) is 0 Å². The minimum atomic E-state index is -3.03. The third-order valence-electron chi connectivity index (χ3n) is 6.40. The van der Waals surface area contributed by atoms with E-state index in [0.29, 0.717) is 72.8 Å². The molecular formula is C21H30BN8O6-. The molecule has 0 aliphatic heterocycles. The Balaban J connectivity index is 1.72. The number of hydrogen-bond acceptors (Lipinski definition) is 13. The predicted octanol–water partition coefficient (Wildman–Crippen LogP) is 2.89. The van der Waals surface area contributed by atoms with E-state index in [1.165, 1.54) is 6.20 Å². The van der Waals surface area contributed by atoms with Crippen molar-refractivity contribution in [3.8, 4) is 0 Å². The van der Waals surface area contributed by atoms with Crippen molar-refractivity contribution in [1.82, 2.24) is 10.2 Å². The highest BCUT2D eigenvalue weighted by Crippen LogP contribution is 2.21. The van der Waals surface area contributed by atoms with Gasteiger partial charge in [0.15, 0.2) is 0 Å². The first-order valence-corrected chi connectivity index (χ1v) is 12.2. The number of H-pyrrole nitrogens is 1. The Morgan fingerprint density at radius 2 is 0.972 bits per heavy atom. The molecule has 0 spiro atoms. The van der Waals surface area contributed by atoms with E-state index in [1.807, 2.05) is 0 Å². The molecule has 4 N–H and O–H groups in total. The fraction of sp³-hybridized carbons (Fsp3) is 0.571. The van der Waals surface area contributed by atoms with Crippen molar-refractivity contribution in [3.63, 3.8) is 0 Å². The normalized spacial score (nSPS) is 26.2. The van der Waals surface area contributed by atoms with E-state index in [9.17, 15) is 15.6 Å². The van der Waals surface area contributed by atoms with Crippen molar-refractivity contribution in [2.75, 3.05) is 0 Å². The zero-order valence-electron chi connectivity index (χ0n) is 19.9. The second-order valence-corrected chi connectivity index (χ2v) is 8.85. The van der Waals surface area contributed by atoms with Crippen LogP contribution < -0.4 is 5.59 Å². The summed E-state index contributed by atoms with van der Waals surface area (Å²) in [5.41, 5.74) is 2.85. The molecule has 3 saturated carbocycles. The van der Waals surface area contributed by atoms with Crippen LogP contribution in [0.25, 0.3) is 0 Å². The topological polar surface area (TPSA) is 191 Å². The Morgan fingerprint density at radius 3 is 1.28 bits per heavy atom. The Kier molecular flexibility index (Phi) is 8.52. The van der Waals surface area contributed by atoms with Gasteiger partial charge >= 0.3 is 6.75 Å². The number of nitrogens with one attached hydrogen (secondary N) is 1. The summed E-state index contributed by atoms with van der Waals surface area (Å²) >= 11 is 0. The molecule has 3 aliphatic rings. The molecule has 3 aliphatic carbocycles. The number of oxime groups is 6. The average molecular weight is 501 g/mol. The van der Waals surface area contributed by atoms with Crippen molar-refractivity contribution in [3.05, 3.63) is 12.3 Å². The van der Waals surface area contributed by atoms with Crippen LogP contribution in [0.2, 0.25) is 0 Å². The SMILES string of the molecule is O/N=C1/CCCC/C1=N/O[B-](O/N=C1/CCCC/C1=N/O)(O/N=C1\CCCC\C1=N/O)c1ccn[nH]1. The minimum Gasteiger partial charge on any atom is -0.535 e. The van der Waals surface area contributed by atoms with E-state index in [1.54, 1.807) is 6.07 Å². The lowest BCUT2D eigenvalue weighted by atomic mass is 9.75. The average Bonchev–Trinajstić information content (AvgIpc) is 3.49. The van der Waals surface area contributed by atoms with Crippen LogP contribution in [0, 0.1) is 0 Å². The third kappa shape index (κ3) is 5.83. The first kappa shape index (κ1) is 25.2. The highest BCUT2D eigenvalue weighted by Gasteiger charge is 2.43. The zero-order chi connectivity index (χ0) is 25.2. The Hall–Kier alpha value is -3.91. The van der Waals surface area contributed by atoms with E-state index in [4.69, 9.17) is 14.3 Å². The van der Waals surface area contributed by atoms with Gasteiger partial charge < -0.3 is 35.0 Å². The summed E-state index contributed by atoms with van der Waals surface area (Å²) in [6, 6.07) is 1.58. The van der Waals surface area contributed by atoms with E-state index < -0.39 is 6.75 Å². The summed E-state index contributed by atoms with van der Waals surface area (Å²) in [4.78, 5) is 0. The van der Waals surface area contributed by atoms with Gasteiger partial charge in [0.1, 0.15) is 17.1 Å². The summed E-state index contributed by atoms with van der Waals surface area (Å²) in [5, 5.41) is 57.6. The van der Waals surface area contributed by atoms with Crippen LogP contribution in [-0.4, -0.2) is 66.8 Å². The minimum absolute atomic E-state index is 0.253. The van der Waals surface area contributed by atoms with Crippen LogP contribution in [0.1, 0.15) is 77.0 Å². The molecule has 0 radical (unpaired) electrons. The summed E-state index contributed by atoms with van der Waals surface area (Å²) in [6.45, 7) is -3.03. The molecule has 0 bridgehead atoms. The van der Waals surface area contributed by atoms with Gasteiger partial charge in [0, 0.05) is 11.8 Å². The van der Waals surface area contributed by atoms with Crippen LogP contribution in [0.4, 0.5) is 0 Å². The Bertz CT molecular complexity index is 975. The van der Waals surface area contributed by atoms with Crippen LogP contribution in [0.15, 0.2) is 43.2 Å².